The van der Waals surface area contributed by atoms with Crippen molar-refractivity contribution in [1.29, 1.82) is 0 Å². The summed E-state index contributed by atoms with van der Waals surface area (Å²) in [6.07, 6.45) is 0. The number of nitrogens with one attached hydrogen (secondary N) is 1. The third-order valence-corrected chi connectivity index (χ3v) is 3.08. The lowest BCUT2D eigenvalue weighted by Crippen LogP contribution is -2.54. The second kappa shape index (κ2) is 6.12. The molecule has 1 heterocycles. The lowest BCUT2D eigenvalue weighted by Gasteiger charge is -2.37. The molecule has 0 saturated carbocycles. The van der Waals surface area contributed by atoms with E-state index in [0.717, 1.165) is 13.1 Å². The third kappa shape index (κ3) is 4.09. The summed E-state index contributed by atoms with van der Waals surface area (Å²) < 4.78 is 0. The first-order valence-corrected chi connectivity index (χ1v) is 6.07. The van der Waals surface area contributed by atoms with Gasteiger partial charge < -0.3 is 10.4 Å². The SMILES string of the molecule is CC(=O)C(NC(=O)CN1CC(CO)C1)C(C)C. The minimum absolute atomic E-state index is 0.00908. The summed E-state index contributed by atoms with van der Waals surface area (Å²) in [6.45, 7) is 7.34. The van der Waals surface area contributed by atoms with Gasteiger partial charge in [-0.05, 0) is 12.8 Å². The van der Waals surface area contributed by atoms with E-state index >= 15 is 0 Å². The topological polar surface area (TPSA) is 69.6 Å². The van der Waals surface area contributed by atoms with Crippen LogP contribution in [0.5, 0.6) is 0 Å². The molecular formula is C12H22N2O3. The number of carbonyl (C=O) groups excluding carboxylic acids is 2. The molecule has 0 aliphatic carbocycles. The van der Waals surface area contributed by atoms with Gasteiger partial charge in [0.2, 0.25) is 5.91 Å². The van der Waals surface area contributed by atoms with Gasteiger partial charge in [0, 0.05) is 25.6 Å². The van der Waals surface area contributed by atoms with Crippen LogP contribution in [0.15, 0.2) is 0 Å². The first-order chi connectivity index (χ1) is 7.93. The van der Waals surface area contributed by atoms with Crippen molar-refractivity contribution in [3.05, 3.63) is 0 Å². The van der Waals surface area contributed by atoms with Gasteiger partial charge in [0.25, 0.3) is 0 Å². The fraction of sp³-hybridized carbons (Fsp3) is 0.833. The number of aliphatic hydroxyl groups is 1. The van der Waals surface area contributed by atoms with Gasteiger partial charge in [-0.15, -0.1) is 0 Å². The number of hydrogen-bond donors (Lipinski definition) is 2. The summed E-state index contributed by atoms with van der Waals surface area (Å²) in [7, 11) is 0. The van der Waals surface area contributed by atoms with Crippen molar-refractivity contribution in [1.82, 2.24) is 10.2 Å². The van der Waals surface area contributed by atoms with Crippen LogP contribution >= 0.6 is 0 Å². The van der Waals surface area contributed by atoms with E-state index in [4.69, 9.17) is 5.11 Å². The number of rotatable bonds is 6. The van der Waals surface area contributed by atoms with Crippen molar-refractivity contribution in [2.45, 2.75) is 26.8 Å². The Hall–Kier alpha value is -0.940. The minimum Gasteiger partial charge on any atom is -0.396 e. The Bertz CT molecular complexity index is 285. The summed E-state index contributed by atoms with van der Waals surface area (Å²) in [4.78, 5) is 25.0. The zero-order valence-electron chi connectivity index (χ0n) is 10.8. The molecule has 5 heteroatoms. The van der Waals surface area contributed by atoms with Crippen LogP contribution in [-0.4, -0.2) is 54.0 Å². The van der Waals surface area contributed by atoms with Crippen molar-refractivity contribution in [3.63, 3.8) is 0 Å². The fourth-order valence-corrected chi connectivity index (χ4v) is 2.08. The maximum absolute atomic E-state index is 11.7. The van der Waals surface area contributed by atoms with Crippen molar-refractivity contribution >= 4 is 11.7 Å². The monoisotopic (exact) mass is 242 g/mol. The molecule has 1 aliphatic heterocycles. The molecule has 1 rings (SSSR count). The third-order valence-electron chi connectivity index (χ3n) is 3.08. The van der Waals surface area contributed by atoms with E-state index in [1.807, 2.05) is 18.7 Å². The quantitative estimate of drug-likeness (QED) is 0.667. The number of likely N-dealkylation sites (tertiary alicyclic amines) is 1. The fourth-order valence-electron chi connectivity index (χ4n) is 2.08. The van der Waals surface area contributed by atoms with Crippen LogP contribution in [0.2, 0.25) is 0 Å². The molecule has 17 heavy (non-hydrogen) atoms. The number of aliphatic hydroxyl groups excluding tert-OH is 1. The second-order valence-corrected chi connectivity index (χ2v) is 5.14. The Morgan fingerprint density at radius 3 is 2.41 bits per heavy atom. The Balaban J connectivity index is 2.31. The van der Waals surface area contributed by atoms with Crippen LogP contribution in [0.3, 0.4) is 0 Å². The van der Waals surface area contributed by atoms with Crippen LogP contribution < -0.4 is 5.32 Å². The molecule has 0 bridgehead atoms. The highest BCUT2D eigenvalue weighted by molar-refractivity contribution is 5.88. The van der Waals surface area contributed by atoms with E-state index < -0.39 is 6.04 Å². The molecule has 0 aromatic carbocycles. The number of Topliss-reactive ketones (excluding diaryl/α,β-unsaturated/α-hetero) is 1. The highest BCUT2D eigenvalue weighted by Gasteiger charge is 2.28. The van der Waals surface area contributed by atoms with Crippen LogP contribution in [-0.2, 0) is 9.59 Å². The van der Waals surface area contributed by atoms with Gasteiger partial charge in [0.15, 0.2) is 5.78 Å². The molecule has 5 nitrogen and oxygen atoms in total. The molecule has 1 atom stereocenters. The van der Waals surface area contributed by atoms with E-state index in [-0.39, 0.29) is 24.2 Å². The average Bonchev–Trinajstić information content (AvgIpc) is 2.18. The van der Waals surface area contributed by atoms with E-state index in [1.165, 1.54) is 6.92 Å². The van der Waals surface area contributed by atoms with Gasteiger partial charge in [-0.25, -0.2) is 0 Å². The Morgan fingerprint density at radius 2 is 2.00 bits per heavy atom. The lowest BCUT2D eigenvalue weighted by atomic mass is 10.00. The predicted octanol–water partition coefficient (Wildman–Crippen LogP) is -0.360. The number of carbonyl (C=O) groups is 2. The van der Waals surface area contributed by atoms with E-state index in [1.54, 1.807) is 0 Å². The minimum atomic E-state index is -0.391. The summed E-state index contributed by atoms with van der Waals surface area (Å²) in [5.41, 5.74) is 0. The largest absolute Gasteiger partial charge is 0.396 e. The zero-order chi connectivity index (χ0) is 13.0. The zero-order valence-corrected chi connectivity index (χ0v) is 10.8. The van der Waals surface area contributed by atoms with Gasteiger partial charge in [-0.1, -0.05) is 13.8 Å². The number of ketones is 1. The van der Waals surface area contributed by atoms with Gasteiger partial charge >= 0.3 is 0 Å². The highest BCUT2D eigenvalue weighted by Crippen LogP contribution is 2.13. The molecular weight excluding hydrogens is 220 g/mol. The molecule has 2 N–H and O–H groups in total. The maximum Gasteiger partial charge on any atom is 0.234 e. The highest BCUT2D eigenvalue weighted by atomic mass is 16.3. The first kappa shape index (κ1) is 14.1. The molecule has 1 saturated heterocycles. The van der Waals surface area contributed by atoms with Crippen molar-refractivity contribution in [2.75, 3.05) is 26.2 Å². The number of amides is 1. The van der Waals surface area contributed by atoms with Crippen LogP contribution in [0.4, 0.5) is 0 Å². The van der Waals surface area contributed by atoms with Gasteiger partial charge in [0.05, 0.1) is 12.6 Å². The molecule has 1 amide bonds. The van der Waals surface area contributed by atoms with Crippen molar-refractivity contribution < 1.29 is 14.7 Å². The maximum atomic E-state index is 11.7. The van der Waals surface area contributed by atoms with Gasteiger partial charge in [-0.3, -0.25) is 14.5 Å². The number of nitrogens with zero attached hydrogens (tertiary/aromatic N) is 1. The molecule has 0 aromatic heterocycles. The van der Waals surface area contributed by atoms with E-state index in [2.05, 4.69) is 5.32 Å². The Labute approximate surface area is 102 Å². The second-order valence-electron chi connectivity index (χ2n) is 5.14. The summed E-state index contributed by atoms with van der Waals surface area (Å²) >= 11 is 0. The molecule has 0 spiro atoms. The first-order valence-electron chi connectivity index (χ1n) is 6.07. The summed E-state index contributed by atoms with van der Waals surface area (Å²) in [5, 5.41) is 11.6. The van der Waals surface area contributed by atoms with Gasteiger partial charge in [0.1, 0.15) is 0 Å². The molecule has 1 aliphatic rings. The summed E-state index contributed by atoms with van der Waals surface area (Å²) in [5.74, 6) is 0.287. The van der Waals surface area contributed by atoms with Crippen LogP contribution in [0.25, 0.3) is 0 Å². The van der Waals surface area contributed by atoms with Gasteiger partial charge in [-0.2, -0.15) is 0 Å². The lowest BCUT2D eigenvalue weighted by molar-refractivity contribution is -0.129. The molecule has 1 fully saturated rings. The van der Waals surface area contributed by atoms with Crippen LogP contribution in [0.1, 0.15) is 20.8 Å². The summed E-state index contributed by atoms with van der Waals surface area (Å²) in [6, 6.07) is -0.391. The molecule has 0 aromatic rings. The van der Waals surface area contributed by atoms with Crippen molar-refractivity contribution in [2.24, 2.45) is 11.8 Å². The van der Waals surface area contributed by atoms with Crippen molar-refractivity contribution in [3.8, 4) is 0 Å². The Morgan fingerprint density at radius 1 is 1.41 bits per heavy atom. The normalized spacial score (nSPS) is 18.9. The van der Waals surface area contributed by atoms with Crippen LogP contribution in [0, 0.1) is 11.8 Å². The Kier molecular flexibility index (Phi) is 5.08. The average molecular weight is 242 g/mol. The van der Waals surface area contributed by atoms with E-state index in [0.29, 0.717) is 12.5 Å². The molecule has 0 radical (unpaired) electrons. The molecule has 98 valence electrons. The number of hydrogen-bond acceptors (Lipinski definition) is 4. The smallest absolute Gasteiger partial charge is 0.234 e. The molecule has 1 unspecified atom stereocenters. The van der Waals surface area contributed by atoms with E-state index in [9.17, 15) is 9.59 Å². The predicted molar refractivity (Wildman–Crippen MR) is 64.5 cm³/mol. The standard InChI is InChI=1S/C12H22N2O3/c1-8(2)12(9(3)16)13-11(17)6-14-4-10(5-14)7-15/h8,10,12,15H,4-7H2,1-3H3,(H,13,17).